The van der Waals surface area contributed by atoms with Gasteiger partial charge < -0.3 is 9.26 Å². The smallest absolute Gasteiger partial charge is 0.322 e. The number of alkyl halides is 1. The number of hydrogen-bond acceptors (Lipinski definition) is 5. The number of aromatic nitrogens is 1. The van der Waals surface area contributed by atoms with E-state index in [4.69, 9.17) is 20.9 Å². The summed E-state index contributed by atoms with van der Waals surface area (Å²) in [5, 5.41) is 3.63. The molecule has 1 heterocycles. The third kappa shape index (κ3) is 2.82. The molecule has 0 aliphatic carbocycles. The summed E-state index contributed by atoms with van der Waals surface area (Å²) < 4.78 is 9.61. The van der Waals surface area contributed by atoms with E-state index in [1.807, 2.05) is 0 Å². The quantitative estimate of drug-likeness (QED) is 0.446. The zero-order valence-corrected chi connectivity index (χ0v) is 9.78. The van der Waals surface area contributed by atoms with Crippen molar-refractivity contribution < 1.29 is 18.8 Å². The maximum atomic E-state index is 11.6. The molecule has 1 unspecified atom stereocenters. The average molecular weight is 246 g/mol. The zero-order valence-electron chi connectivity index (χ0n) is 9.03. The summed E-state index contributed by atoms with van der Waals surface area (Å²) in [4.78, 5) is 23.1. The fraction of sp³-hybridized carbons (Fsp3) is 0.500. The highest BCUT2D eigenvalue weighted by Gasteiger charge is 2.31. The van der Waals surface area contributed by atoms with Crippen LogP contribution < -0.4 is 0 Å². The second-order valence-electron chi connectivity index (χ2n) is 3.15. The molecule has 0 spiro atoms. The molecule has 6 heteroatoms. The first-order valence-electron chi connectivity index (χ1n) is 4.78. The Hall–Kier alpha value is -1.36. The maximum absolute atomic E-state index is 11.6. The molecule has 0 aliphatic heterocycles. The standard InChI is InChI=1S/C10H12ClNO4/c1-3-15-10(14)9(8(13)5-11)7-4-6(2)16-12-7/h4,9H,3,5H2,1-2H3. The number of rotatable bonds is 5. The number of ether oxygens (including phenoxy) is 1. The van der Waals surface area contributed by atoms with Gasteiger partial charge in [-0.1, -0.05) is 5.16 Å². The molecular formula is C10H12ClNO4. The molecule has 16 heavy (non-hydrogen) atoms. The van der Waals surface area contributed by atoms with E-state index in [1.165, 1.54) is 6.07 Å². The first kappa shape index (κ1) is 12.7. The SMILES string of the molecule is CCOC(=O)C(C(=O)CCl)c1cc(C)on1. The van der Waals surface area contributed by atoms with Gasteiger partial charge in [0, 0.05) is 6.07 Å². The highest BCUT2D eigenvalue weighted by atomic mass is 35.5. The van der Waals surface area contributed by atoms with Crippen molar-refractivity contribution in [2.24, 2.45) is 0 Å². The molecule has 0 saturated heterocycles. The van der Waals surface area contributed by atoms with Crippen molar-refractivity contribution >= 4 is 23.4 Å². The van der Waals surface area contributed by atoms with E-state index in [1.54, 1.807) is 13.8 Å². The normalized spacial score (nSPS) is 12.2. The van der Waals surface area contributed by atoms with E-state index in [9.17, 15) is 9.59 Å². The van der Waals surface area contributed by atoms with Gasteiger partial charge in [-0.2, -0.15) is 0 Å². The van der Waals surface area contributed by atoms with Crippen LogP contribution in [0.5, 0.6) is 0 Å². The van der Waals surface area contributed by atoms with Gasteiger partial charge >= 0.3 is 5.97 Å². The molecule has 88 valence electrons. The van der Waals surface area contributed by atoms with Crippen LogP contribution in [0.3, 0.4) is 0 Å². The van der Waals surface area contributed by atoms with Crippen LogP contribution in [0, 0.1) is 6.92 Å². The topological polar surface area (TPSA) is 69.4 Å². The molecule has 0 fully saturated rings. The van der Waals surface area contributed by atoms with Crippen molar-refractivity contribution in [2.75, 3.05) is 12.5 Å². The zero-order chi connectivity index (χ0) is 12.1. The van der Waals surface area contributed by atoms with Gasteiger partial charge in [0.1, 0.15) is 11.5 Å². The molecule has 0 amide bonds. The van der Waals surface area contributed by atoms with E-state index in [2.05, 4.69) is 5.16 Å². The van der Waals surface area contributed by atoms with Gasteiger partial charge in [0.2, 0.25) is 0 Å². The van der Waals surface area contributed by atoms with Crippen LogP contribution >= 0.6 is 11.6 Å². The van der Waals surface area contributed by atoms with E-state index >= 15 is 0 Å². The number of aryl methyl sites for hydroxylation is 1. The van der Waals surface area contributed by atoms with E-state index in [0.717, 1.165) is 0 Å². The van der Waals surface area contributed by atoms with Crippen LogP contribution in [0.25, 0.3) is 0 Å². The molecule has 0 aliphatic rings. The Morgan fingerprint density at radius 1 is 1.62 bits per heavy atom. The predicted octanol–water partition coefficient (Wildman–Crippen LogP) is 1.44. The number of carbonyl (C=O) groups is 2. The highest BCUT2D eigenvalue weighted by molar-refractivity contribution is 6.30. The number of nitrogens with zero attached hydrogens (tertiary/aromatic N) is 1. The first-order chi connectivity index (χ1) is 7.60. The van der Waals surface area contributed by atoms with Crippen molar-refractivity contribution in [2.45, 2.75) is 19.8 Å². The molecule has 1 atom stereocenters. The molecule has 1 aromatic rings. The number of carbonyl (C=O) groups excluding carboxylic acids is 2. The Labute approximate surface area is 97.7 Å². The Kier molecular flexibility index (Phi) is 4.49. The Morgan fingerprint density at radius 3 is 2.75 bits per heavy atom. The first-order valence-corrected chi connectivity index (χ1v) is 5.32. The fourth-order valence-corrected chi connectivity index (χ4v) is 1.40. The molecule has 0 radical (unpaired) electrons. The van der Waals surface area contributed by atoms with Crippen LogP contribution in [0.15, 0.2) is 10.6 Å². The molecule has 0 aromatic carbocycles. The van der Waals surface area contributed by atoms with Crippen molar-refractivity contribution in [1.82, 2.24) is 5.16 Å². The third-order valence-electron chi connectivity index (χ3n) is 1.92. The van der Waals surface area contributed by atoms with Gasteiger partial charge in [-0.25, -0.2) is 0 Å². The summed E-state index contributed by atoms with van der Waals surface area (Å²) in [6.45, 7) is 3.53. The van der Waals surface area contributed by atoms with E-state index < -0.39 is 17.7 Å². The van der Waals surface area contributed by atoms with Gasteiger partial charge in [-0.15, -0.1) is 11.6 Å². The molecule has 5 nitrogen and oxygen atoms in total. The molecule has 0 N–H and O–H groups in total. The number of ketones is 1. The fourth-order valence-electron chi connectivity index (χ4n) is 1.24. The van der Waals surface area contributed by atoms with Crippen molar-refractivity contribution in [3.05, 3.63) is 17.5 Å². The number of Topliss-reactive ketones (excluding diaryl/α,β-unsaturated/α-hetero) is 1. The summed E-state index contributed by atoms with van der Waals surface area (Å²) in [6.07, 6.45) is 0. The van der Waals surface area contributed by atoms with Gasteiger partial charge in [-0.3, -0.25) is 9.59 Å². The minimum atomic E-state index is -1.09. The monoisotopic (exact) mass is 245 g/mol. The lowest BCUT2D eigenvalue weighted by Gasteiger charge is -2.09. The van der Waals surface area contributed by atoms with E-state index in [0.29, 0.717) is 5.76 Å². The van der Waals surface area contributed by atoms with Gasteiger partial charge in [0.05, 0.1) is 12.5 Å². The minimum absolute atomic E-state index is 0.196. The van der Waals surface area contributed by atoms with Crippen LogP contribution in [0.4, 0.5) is 0 Å². The molecule has 1 rings (SSSR count). The molecule has 0 bridgehead atoms. The summed E-state index contributed by atoms with van der Waals surface area (Å²) in [7, 11) is 0. The van der Waals surface area contributed by atoms with Gasteiger partial charge in [0.15, 0.2) is 11.7 Å². The van der Waals surface area contributed by atoms with Crippen molar-refractivity contribution in [3.63, 3.8) is 0 Å². The van der Waals surface area contributed by atoms with Crippen molar-refractivity contribution in [3.8, 4) is 0 Å². The van der Waals surface area contributed by atoms with Crippen LogP contribution in [-0.4, -0.2) is 29.4 Å². The van der Waals surface area contributed by atoms with Gasteiger partial charge in [0.25, 0.3) is 0 Å². The Bertz CT molecular complexity index is 388. The van der Waals surface area contributed by atoms with Crippen molar-refractivity contribution in [1.29, 1.82) is 0 Å². The summed E-state index contributed by atoms with van der Waals surface area (Å²) >= 11 is 5.43. The number of esters is 1. The minimum Gasteiger partial charge on any atom is -0.465 e. The third-order valence-corrected chi connectivity index (χ3v) is 2.18. The average Bonchev–Trinajstić information content (AvgIpc) is 2.65. The van der Waals surface area contributed by atoms with Crippen LogP contribution in [-0.2, 0) is 14.3 Å². The predicted molar refractivity (Wildman–Crippen MR) is 56.3 cm³/mol. The van der Waals surface area contributed by atoms with Crippen LogP contribution in [0.1, 0.15) is 24.3 Å². The summed E-state index contributed by atoms with van der Waals surface area (Å²) in [5.74, 6) is -1.94. The largest absolute Gasteiger partial charge is 0.465 e. The lowest BCUT2D eigenvalue weighted by molar-refractivity contribution is -0.147. The molecule has 0 saturated carbocycles. The second-order valence-corrected chi connectivity index (χ2v) is 3.41. The van der Waals surface area contributed by atoms with E-state index in [-0.39, 0.29) is 18.2 Å². The summed E-state index contributed by atoms with van der Waals surface area (Å²) in [6, 6.07) is 1.52. The second kappa shape index (κ2) is 5.65. The van der Waals surface area contributed by atoms with Gasteiger partial charge in [-0.05, 0) is 13.8 Å². The lowest BCUT2D eigenvalue weighted by atomic mass is 10.0. The maximum Gasteiger partial charge on any atom is 0.322 e. The number of hydrogen-bond donors (Lipinski definition) is 0. The summed E-state index contributed by atoms with van der Waals surface area (Å²) in [5.41, 5.74) is 0.238. The lowest BCUT2D eigenvalue weighted by Crippen LogP contribution is -2.25. The Morgan fingerprint density at radius 2 is 2.31 bits per heavy atom. The Balaban J connectivity index is 2.96. The van der Waals surface area contributed by atoms with Crippen LogP contribution in [0.2, 0.25) is 0 Å². The number of halogens is 1. The molecule has 1 aromatic heterocycles. The highest BCUT2D eigenvalue weighted by Crippen LogP contribution is 2.19. The molecular weight excluding hydrogens is 234 g/mol.